The fraction of sp³-hybridized carbons (Fsp3) is 0.0435. The summed E-state index contributed by atoms with van der Waals surface area (Å²) < 4.78 is 14.2. The van der Waals surface area contributed by atoms with Crippen molar-refractivity contribution in [2.75, 3.05) is 0 Å². The number of aromatic nitrogens is 2. The first-order valence-corrected chi connectivity index (χ1v) is 9.74. The highest BCUT2D eigenvalue weighted by molar-refractivity contribution is 9.10. The first-order valence-electron chi connectivity index (χ1n) is 8.95. The first kappa shape index (κ1) is 19.0. The lowest BCUT2D eigenvalue weighted by molar-refractivity contribution is 0.104. The first-order chi connectivity index (χ1) is 14.2. The summed E-state index contributed by atoms with van der Waals surface area (Å²) in [6.07, 6.45) is 8.44. The molecule has 0 radical (unpaired) electrons. The summed E-state index contributed by atoms with van der Waals surface area (Å²) in [4.78, 5) is 16.4. The third-order valence-electron chi connectivity index (χ3n) is 4.21. The molecule has 0 fully saturated rings. The molecule has 0 N–H and O–H groups in total. The molecule has 0 saturated carbocycles. The largest absolute Gasteiger partial charge is 0.486 e. The van der Waals surface area contributed by atoms with E-state index >= 15 is 0 Å². The predicted molar refractivity (Wildman–Crippen MR) is 114 cm³/mol. The van der Waals surface area contributed by atoms with Crippen molar-refractivity contribution in [1.82, 2.24) is 9.55 Å². The Labute approximate surface area is 176 Å². The Morgan fingerprint density at radius 1 is 1.14 bits per heavy atom. The molecule has 2 aromatic heterocycles. The van der Waals surface area contributed by atoms with Crippen LogP contribution in [0.15, 0.2) is 94.4 Å². The number of carbonyl (C=O) groups is 1. The van der Waals surface area contributed by atoms with E-state index in [1.54, 1.807) is 30.7 Å². The molecule has 2 aromatic carbocycles. The molecule has 4 aromatic rings. The summed E-state index contributed by atoms with van der Waals surface area (Å²) in [6, 6.07) is 18.6. The molecule has 4 rings (SSSR count). The monoisotopic (exact) mass is 448 g/mol. The highest BCUT2D eigenvalue weighted by Gasteiger charge is 2.05. The summed E-state index contributed by atoms with van der Waals surface area (Å²) in [7, 11) is 0. The maximum atomic E-state index is 12.4. The van der Waals surface area contributed by atoms with Gasteiger partial charge in [0.1, 0.15) is 23.9 Å². The number of ketones is 1. The molecular formula is C23H17BrN2O3. The summed E-state index contributed by atoms with van der Waals surface area (Å²) in [5.41, 5.74) is 1.55. The molecule has 0 aliphatic heterocycles. The van der Waals surface area contributed by atoms with Gasteiger partial charge in [0.25, 0.3) is 0 Å². The number of hydrogen-bond donors (Lipinski definition) is 0. The van der Waals surface area contributed by atoms with Gasteiger partial charge in [-0.2, -0.15) is 0 Å². The topological polar surface area (TPSA) is 57.3 Å². The van der Waals surface area contributed by atoms with Crippen LogP contribution in [0.4, 0.5) is 0 Å². The number of carbonyl (C=O) groups excluding carboxylic acids is 1. The van der Waals surface area contributed by atoms with Crippen LogP contribution in [0, 0.1) is 0 Å². The number of ether oxygens (including phenoxy) is 1. The Bertz CT molecular complexity index is 1130. The minimum atomic E-state index is -0.0921. The molecule has 0 aliphatic carbocycles. The molecule has 2 heterocycles. The van der Waals surface area contributed by atoms with Crippen molar-refractivity contribution in [3.8, 4) is 11.4 Å². The predicted octanol–water partition coefficient (Wildman–Crippen LogP) is 5.70. The van der Waals surface area contributed by atoms with Crippen molar-refractivity contribution in [3.63, 3.8) is 0 Å². The lowest BCUT2D eigenvalue weighted by Gasteiger charge is -2.04. The second-order valence-electron chi connectivity index (χ2n) is 6.26. The van der Waals surface area contributed by atoms with Gasteiger partial charge in [-0.05, 0) is 66.7 Å². The molecule has 0 spiro atoms. The van der Waals surface area contributed by atoms with Crippen molar-refractivity contribution < 1.29 is 13.9 Å². The Kier molecular flexibility index (Phi) is 5.72. The van der Waals surface area contributed by atoms with Crippen molar-refractivity contribution in [2.45, 2.75) is 6.61 Å². The molecular weight excluding hydrogens is 432 g/mol. The van der Waals surface area contributed by atoms with Gasteiger partial charge >= 0.3 is 0 Å². The van der Waals surface area contributed by atoms with Gasteiger partial charge in [0, 0.05) is 28.1 Å². The average molecular weight is 449 g/mol. The van der Waals surface area contributed by atoms with Gasteiger partial charge in [-0.1, -0.05) is 22.0 Å². The molecule has 0 unspecified atom stereocenters. The van der Waals surface area contributed by atoms with Crippen LogP contribution in [0.2, 0.25) is 0 Å². The van der Waals surface area contributed by atoms with E-state index in [1.165, 1.54) is 6.08 Å². The highest BCUT2D eigenvalue weighted by Crippen LogP contribution is 2.20. The van der Waals surface area contributed by atoms with E-state index in [1.807, 2.05) is 59.3 Å². The summed E-state index contributed by atoms with van der Waals surface area (Å²) in [5, 5.41) is 0. The number of hydrogen-bond acceptors (Lipinski definition) is 4. The molecule has 6 heteroatoms. The van der Waals surface area contributed by atoms with Crippen LogP contribution in [-0.2, 0) is 6.61 Å². The van der Waals surface area contributed by atoms with Crippen LogP contribution in [0.5, 0.6) is 5.75 Å². The van der Waals surface area contributed by atoms with E-state index in [-0.39, 0.29) is 5.78 Å². The number of furan rings is 1. The van der Waals surface area contributed by atoms with Crippen LogP contribution in [0.25, 0.3) is 11.8 Å². The Balaban J connectivity index is 1.36. The molecule has 0 aliphatic rings. The van der Waals surface area contributed by atoms with E-state index in [4.69, 9.17) is 9.15 Å². The molecule has 5 nitrogen and oxygen atoms in total. The van der Waals surface area contributed by atoms with Crippen LogP contribution in [-0.4, -0.2) is 15.3 Å². The van der Waals surface area contributed by atoms with Gasteiger partial charge in [-0.3, -0.25) is 4.79 Å². The lowest BCUT2D eigenvalue weighted by Crippen LogP contribution is -1.96. The number of benzene rings is 2. The Morgan fingerprint density at radius 3 is 2.76 bits per heavy atom. The fourth-order valence-corrected chi connectivity index (χ4v) is 3.11. The zero-order chi connectivity index (χ0) is 20.1. The number of halogens is 1. The standard InChI is InChI=1S/C23H17BrN2O3/c24-18-2-1-3-21(14-18)28-15-22-9-8-20(29-22)10-11-23(27)17-4-6-19(7-5-17)26-13-12-25-16-26/h1-14,16H,15H2/b11-10+. The zero-order valence-corrected chi connectivity index (χ0v) is 17.0. The van der Waals surface area contributed by atoms with Gasteiger partial charge in [-0.25, -0.2) is 4.98 Å². The van der Waals surface area contributed by atoms with E-state index in [0.717, 1.165) is 15.9 Å². The van der Waals surface area contributed by atoms with Crippen LogP contribution >= 0.6 is 15.9 Å². The summed E-state index contributed by atoms with van der Waals surface area (Å²) in [5.74, 6) is 1.94. The van der Waals surface area contributed by atoms with E-state index in [2.05, 4.69) is 20.9 Å². The molecule has 0 atom stereocenters. The van der Waals surface area contributed by atoms with Crippen molar-refractivity contribution >= 4 is 27.8 Å². The van der Waals surface area contributed by atoms with Crippen LogP contribution < -0.4 is 4.74 Å². The maximum absolute atomic E-state index is 12.4. The van der Waals surface area contributed by atoms with Gasteiger partial charge < -0.3 is 13.7 Å². The molecule has 0 saturated heterocycles. The third kappa shape index (κ3) is 4.92. The zero-order valence-electron chi connectivity index (χ0n) is 15.4. The summed E-state index contributed by atoms with van der Waals surface area (Å²) >= 11 is 3.41. The molecule has 144 valence electrons. The van der Waals surface area contributed by atoms with Gasteiger partial charge in [0.2, 0.25) is 0 Å². The van der Waals surface area contributed by atoms with Crippen molar-refractivity contribution in [2.24, 2.45) is 0 Å². The Hall–Kier alpha value is -3.38. The molecule has 0 amide bonds. The lowest BCUT2D eigenvalue weighted by atomic mass is 10.1. The van der Waals surface area contributed by atoms with Gasteiger partial charge in [-0.15, -0.1) is 0 Å². The van der Waals surface area contributed by atoms with Crippen LogP contribution in [0.1, 0.15) is 21.9 Å². The number of imidazole rings is 1. The fourth-order valence-electron chi connectivity index (χ4n) is 2.74. The normalized spacial score (nSPS) is 11.1. The van der Waals surface area contributed by atoms with Gasteiger partial charge in [0.05, 0.1) is 6.33 Å². The Morgan fingerprint density at radius 2 is 2.00 bits per heavy atom. The highest BCUT2D eigenvalue weighted by atomic mass is 79.9. The minimum absolute atomic E-state index is 0.0921. The smallest absolute Gasteiger partial charge is 0.185 e. The minimum Gasteiger partial charge on any atom is -0.486 e. The molecule has 29 heavy (non-hydrogen) atoms. The maximum Gasteiger partial charge on any atom is 0.185 e. The third-order valence-corrected chi connectivity index (χ3v) is 4.71. The van der Waals surface area contributed by atoms with Gasteiger partial charge in [0.15, 0.2) is 5.78 Å². The van der Waals surface area contributed by atoms with Crippen LogP contribution in [0.3, 0.4) is 0 Å². The van der Waals surface area contributed by atoms with E-state index < -0.39 is 0 Å². The second-order valence-corrected chi connectivity index (χ2v) is 7.18. The summed E-state index contributed by atoms with van der Waals surface area (Å²) in [6.45, 7) is 0.313. The average Bonchev–Trinajstić information content (AvgIpc) is 3.43. The van der Waals surface area contributed by atoms with E-state index in [0.29, 0.717) is 23.7 Å². The molecule has 0 bridgehead atoms. The van der Waals surface area contributed by atoms with E-state index in [9.17, 15) is 4.79 Å². The number of allylic oxidation sites excluding steroid dienone is 1. The quantitative estimate of drug-likeness (QED) is 0.268. The van der Waals surface area contributed by atoms with Crippen molar-refractivity contribution in [3.05, 3.63) is 107 Å². The SMILES string of the molecule is O=C(/C=C/c1ccc(COc2cccc(Br)c2)o1)c1ccc(-n2ccnc2)cc1. The number of rotatable bonds is 7. The van der Waals surface area contributed by atoms with Crippen molar-refractivity contribution in [1.29, 1.82) is 0 Å². The second kappa shape index (κ2) is 8.75. The number of nitrogens with zero attached hydrogens (tertiary/aromatic N) is 2.